The fourth-order valence-corrected chi connectivity index (χ4v) is 3.06. The standard InChI is InChI=1S/C24H22N4O2/c1-28(25-16-17-12-13-22(29)23(30)14-17)24-26-20(18-8-4-2-5-9-18)15-21(27-24)19-10-6-3-7-11-19/h2-15,25,29-30H,16H2,1H3. The molecule has 0 saturated heterocycles. The first kappa shape index (κ1) is 19.4. The summed E-state index contributed by atoms with van der Waals surface area (Å²) in [5.74, 6) is 0.238. The van der Waals surface area contributed by atoms with Crippen molar-refractivity contribution < 1.29 is 10.2 Å². The van der Waals surface area contributed by atoms with Crippen molar-refractivity contribution in [3.63, 3.8) is 0 Å². The molecule has 0 saturated carbocycles. The van der Waals surface area contributed by atoms with Crippen LogP contribution in [-0.4, -0.2) is 27.2 Å². The van der Waals surface area contributed by atoms with E-state index in [-0.39, 0.29) is 11.5 Å². The van der Waals surface area contributed by atoms with Crippen molar-refractivity contribution in [1.82, 2.24) is 15.4 Å². The van der Waals surface area contributed by atoms with Gasteiger partial charge in [0.1, 0.15) is 0 Å². The van der Waals surface area contributed by atoms with E-state index in [4.69, 9.17) is 9.97 Å². The van der Waals surface area contributed by atoms with E-state index in [1.165, 1.54) is 12.1 Å². The third-order valence-corrected chi connectivity index (χ3v) is 4.71. The summed E-state index contributed by atoms with van der Waals surface area (Å²) in [5, 5.41) is 20.9. The Kier molecular flexibility index (Phi) is 5.59. The number of hydrogen-bond donors (Lipinski definition) is 3. The summed E-state index contributed by atoms with van der Waals surface area (Å²) in [7, 11) is 1.85. The van der Waals surface area contributed by atoms with Crippen LogP contribution in [0, 0.1) is 0 Å². The van der Waals surface area contributed by atoms with E-state index in [0.717, 1.165) is 28.1 Å². The molecule has 1 heterocycles. The average Bonchev–Trinajstić information content (AvgIpc) is 2.80. The van der Waals surface area contributed by atoms with Crippen molar-refractivity contribution in [2.75, 3.05) is 12.1 Å². The van der Waals surface area contributed by atoms with Crippen LogP contribution in [0.4, 0.5) is 5.95 Å². The number of nitrogens with zero attached hydrogens (tertiary/aromatic N) is 3. The Bertz CT molecular complexity index is 1080. The van der Waals surface area contributed by atoms with Gasteiger partial charge in [-0.2, -0.15) is 0 Å². The summed E-state index contributed by atoms with van der Waals surface area (Å²) in [5.41, 5.74) is 7.73. The molecule has 0 fully saturated rings. The molecule has 3 aromatic carbocycles. The van der Waals surface area contributed by atoms with Gasteiger partial charge >= 0.3 is 0 Å². The molecule has 0 aliphatic heterocycles. The van der Waals surface area contributed by atoms with Gasteiger partial charge in [-0.3, -0.25) is 5.01 Å². The summed E-state index contributed by atoms with van der Waals surface area (Å²) < 4.78 is 0. The Hall–Kier alpha value is -3.90. The predicted molar refractivity (Wildman–Crippen MR) is 118 cm³/mol. The van der Waals surface area contributed by atoms with Crippen LogP contribution in [0.1, 0.15) is 5.56 Å². The van der Waals surface area contributed by atoms with Crippen LogP contribution in [-0.2, 0) is 6.54 Å². The largest absolute Gasteiger partial charge is 0.504 e. The fourth-order valence-electron chi connectivity index (χ4n) is 3.06. The molecule has 0 aliphatic rings. The molecular weight excluding hydrogens is 376 g/mol. The molecule has 4 rings (SSSR count). The van der Waals surface area contributed by atoms with E-state index < -0.39 is 0 Å². The first-order valence-corrected chi connectivity index (χ1v) is 9.58. The minimum atomic E-state index is -0.148. The maximum atomic E-state index is 9.69. The van der Waals surface area contributed by atoms with E-state index in [9.17, 15) is 10.2 Å². The number of nitrogens with one attached hydrogen (secondary N) is 1. The Balaban J connectivity index is 1.64. The highest BCUT2D eigenvalue weighted by Gasteiger charge is 2.12. The van der Waals surface area contributed by atoms with Gasteiger partial charge in [0.2, 0.25) is 5.95 Å². The molecule has 0 aliphatic carbocycles. The smallest absolute Gasteiger partial charge is 0.240 e. The molecule has 0 atom stereocenters. The summed E-state index contributed by atoms with van der Waals surface area (Å²) in [6.45, 7) is 0.434. The minimum Gasteiger partial charge on any atom is -0.504 e. The summed E-state index contributed by atoms with van der Waals surface area (Å²) in [6.07, 6.45) is 0. The molecule has 4 aromatic rings. The number of anilines is 1. The highest BCUT2D eigenvalue weighted by molar-refractivity contribution is 5.69. The van der Waals surface area contributed by atoms with Gasteiger partial charge in [0.25, 0.3) is 0 Å². The van der Waals surface area contributed by atoms with Gasteiger partial charge in [0.05, 0.1) is 11.4 Å². The summed E-state index contributed by atoms with van der Waals surface area (Å²) >= 11 is 0. The maximum Gasteiger partial charge on any atom is 0.240 e. The van der Waals surface area contributed by atoms with Crippen molar-refractivity contribution in [2.45, 2.75) is 6.54 Å². The van der Waals surface area contributed by atoms with Gasteiger partial charge in [-0.1, -0.05) is 66.7 Å². The zero-order valence-electron chi connectivity index (χ0n) is 16.5. The zero-order chi connectivity index (χ0) is 20.9. The molecule has 0 bridgehead atoms. The topological polar surface area (TPSA) is 81.5 Å². The summed E-state index contributed by atoms with van der Waals surface area (Å²) in [6, 6.07) is 26.7. The quantitative estimate of drug-likeness (QED) is 0.331. The van der Waals surface area contributed by atoms with Crippen LogP contribution in [0.15, 0.2) is 84.9 Å². The third kappa shape index (κ3) is 4.39. The first-order chi connectivity index (χ1) is 14.6. The maximum absolute atomic E-state index is 9.69. The lowest BCUT2D eigenvalue weighted by Gasteiger charge is -2.20. The van der Waals surface area contributed by atoms with Crippen LogP contribution in [0.3, 0.4) is 0 Å². The molecule has 150 valence electrons. The molecule has 30 heavy (non-hydrogen) atoms. The average molecular weight is 398 g/mol. The number of phenolic OH excluding ortho intramolecular Hbond substituents is 2. The summed E-state index contributed by atoms with van der Waals surface area (Å²) in [4.78, 5) is 9.47. The van der Waals surface area contributed by atoms with Gasteiger partial charge in [0.15, 0.2) is 11.5 Å². The van der Waals surface area contributed by atoms with Crippen molar-refractivity contribution in [2.24, 2.45) is 0 Å². The Morgan fingerprint density at radius 2 is 1.30 bits per heavy atom. The number of aromatic hydroxyl groups is 2. The van der Waals surface area contributed by atoms with E-state index in [0.29, 0.717) is 12.5 Å². The van der Waals surface area contributed by atoms with Crippen LogP contribution in [0.5, 0.6) is 11.5 Å². The Morgan fingerprint density at radius 1 is 0.733 bits per heavy atom. The van der Waals surface area contributed by atoms with Crippen molar-refractivity contribution >= 4 is 5.95 Å². The highest BCUT2D eigenvalue weighted by atomic mass is 16.3. The van der Waals surface area contributed by atoms with Crippen molar-refractivity contribution in [3.05, 3.63) is 90.5 Å². The number of benzene rings is 3. The Morgan fingerprint density at radius 3 is 1.83 bits per heavy atom. The lowest BCUT2D eigenvalue weighted by molar-refractivity contribution is 0.403. The number of hydrogen-bond acceptors (Lipinski definition) is 6. The molecule has 6 heteroatoms. The Labute approximate surface area is 175 Å². The third-order valence-electron chi connectivity index (χ3n) is 4.71. The predicted octanol–water partition coefficient (Wildman–Crippen LogP) is 4.36. The van der Waals surface area contributed by atoms with Gasteiger partial charge in [-0.05, 0) is 23.8 Å². The van der Waals surface area contributed by atoms with Crippen LogP contribution in [0.25, 0.3) is 22.5 Å². The molecule has 0 radical (unpaired) electrons. The molecule has 6 nitrogen and oxygen atoms in total. The molecular formula is C24H22N4O2. The van der Waals surface area contributed by atoms with Crippen molar-refractivity contribution in [3.8, 4) is 34.0 Å². The molecule has 0 spiro atoms. The van der Waals surface area contributed by atoms with Gasteiger partial charge in [0, 0.05) is 24.7 Å². The number of phenols is 2. The first-order valence-electron chi connectivity index (χ1n) is 9.58. The van der Waals surface area contributed by atoms with E-state index >= 15 is 0 Å². The van der Waals surface area contributed by atoms with Crippen LogP contribution in [0.2, 0.25) is 0 Å². The second-order valence-corrected chi connectivity index (χ2v) is 6.89. The number of hydrazine groups is 1. The van der Waals surface area contributed by atoms with E-state index in [2.05, 4.69) is 5.43 Å². The lowest BCUT2D eigenvalue weighted by atomic mass is 10.1. The van der Waals surface area contributed by atoms with E-state index in [1.807, 2.05) is 73.8 Å². The van der Waals surface area contributed by atoms with E-state index in [1.54, 1.807) is 11.1 Å². The van der Waals surface area contributed by atoms with Gasteiger partial charge < -0.3 is 10.2 Å². The second-order valence-electron chi connectivity index (χ2n) is 6.89. The van der Waals surface area contributed by atoms with Crippen molar-refractivity contribution in [1.29, 1.82) is 0 Å². The molecule has 3 N–H and O–H groups in total. The SMILES string of the molecule is CN(NCc1ccc(O)c(O)c1)c1nc(-c2ccccc2)cc(-c2ccccc2)n1. The lowest BCUT2D eigenvalue weighted by Crippen LogP contribution is -2.35. The highest BCUT2D eigenvalue weighted by Crippen LogP contribution is 2.27. The molecule has 0 unspecified atom stereocenters. The van der Waals surface area contributed by atoms with Gasteiger partial charge in [-0.15, -0.1) is 0 Å². The number of rotatable bonds is 6. The monoisotopic (exact) mass is 398 g/mol. The van der Waals surface area contributed by atoms with Crippen LogP contribution < -0.4 is 10.4 Å². The second kappa shape index (κ2) is 8.63. The van der Waals surface area contributed by atoms with Crippen LogP contribution >= 0.6 is 0 Å². The zero-order valence-corrected chi connectivity index (χ0v) is 16.5. The fraction of sp³-hybridized carbons (Fsp3) is 0.0833. The van der Waals surface area contributed by atoms with Gasteiger partial charge in [-0.25, -0.2) is 15.4 Å². The minimum absolute atomic E-state index is 0.140. The molecule has 0 amide bonds. The number of aromatic nitrogens is 2. The molecule has 1 aromatic heterocycles. The normalized spacial score (nSPS) is 10.7.